The van der Waals surface area contributed by atoms with Gasteiger partial charge in [0.25, 0.3) is 0 Å². The molecule has 2 aromatic carbocycles. The van der Waals surface area contributed by atoms with Crippen LogP contribution in [0.3, 0.4) is 0 Å². The summed E-state index contributed by atoms with van der Waals surface area (Å²) in [5, 5.41) is 16.3. The molecule has 1 atom stereocenters. The fourth-order valence-corrected chi connectivity index (χ4v) is 2.90. The molecule has 3 aromatic rings. The molecule has 3 nitrogen and oxygen atoms in total. The summed E-state index contributed by atoms with van der Waals surface area (Å²) >= 11 is 0. The monoisotopic (exact) mass is 296 g/mol. The van der Waals surface area contributed by atoms with Gasteiger partial charge in [-0.3, -0.25) is 0 Å². The van der Waals surface area contributed by atoms with E-state index in [9.17, 15) is 5.11 Å². The molecule has 1 unspecified atom stereocenters. The van der Waals surface area contributed by atoms with Gasteiger partial charge in [-0.1, -0.05) is 36.4 Å². The molecule has 0 aliphatic rings. The van der Waals surface area contributed by atoms with Crippen LogP contribution in [0.2, 0.25) is 0 Å². The zero-order chi connectivity index (χ0) is 15.7. The van der Waals surface area contributed by atoms with Gasteiger partial charge in [-0.2, -0.15) is 0 Å². The third-order valence-electron chi connectivity index (χ3n) is 3.94. The van der Waals surface area contributed by atoms with Crippen molar-refractivity contribution in [3.8, 4) is 0 Å². The first-order valence-corrected chi connectivity index (χ1v) is 7.85. The van der Waals surface area contributed by atoms with Crippen LogP contribution in [0.5, 0.6) is 0 Å². The number of hydrogen-bond donors (Lipinski definition) is 2. The van der Waals surface area contributed by atoms with E-state index < -0.39 is 6.10 Å². The third kappa shape index (κ3) is 3.01. The molecule has 0 amide bonds. The SMILES string of the molecule is CC(C)(C)NCC(O)Cn1c2ccccc2c2ccccc21. The largest absolute Gasteiger partial charge is 0.390 e. The number of aromatic nitrogens is 1. The van der Waals surface area contributed by atoms with Crippen LogP contribution in [0.1, 0.15) is 20.8 Å². The van der Waals surface area contributed by atoms with Crippen molar-refractivity contribution in [3.63, 3.8) is 0 Å². The maximum Gasteiger partial charge on any atom is 0.0843 e. The molecule has 2 N–H and O–H groups in total. The Labute approximate surface area is 131 Å². The van der Waals surface area contributed by atoms with Crippen molar-refractivity contribution < 1.29 is 5.11 Å². The molecule has 22 heavy (non-hydrogen) atoms. The maximum atomic E-state index is 10.4. The van der Waals surface area contributed by atoms with Crippen molar-refractivity contribution in [2.24, 2.45) is 0 Å². The van der Waals surface area contributed by atoms with Gasteiger partial charge in [-0.15, -0.1) is 0 Å². The van der Waals surface area contributed by atoms with E-state index in [1.807, 2.05) is 0 Å². The van der Waals surface area contributed by atoms with Gasteiger partial charge in [-0.25, -0.2) is 0 Å². The minimum Gasteiger partial charge on any atom is -0.390 e. The van der Waals surface area contributed by atoms with Crippen LogP contribution < -0.4 is 5.32 Å². The Balaban J connectivity index is 1.95. The highest BCUT2D eigenvalue weighted by Gasteiger charge is 2.15. The molecular formula is C19H24N2O. The Hall–Kier alpha value is -1.84. The van der Waals surface area contributed by atoms with E-state index in [4.69, 9.17) is 0 Å². The summed E-state index contributed by atoms with van der Waals surface area (Å²) in [5.41, 5.74) is 2.37. The Morgan fingerprint density at radius 2 is 1.45 bits per heavy atom. The lowest BCUT2D eigenvalue weighted by atomic mass is 10.1. The second kappa shape index (κ2) is 5.75. The molecule has 1 heterocycles. The van der Waals surface area contributed by atoms with Gasteiger partial charge in [0.1, 0.15) is 0 Å². The molecular weight excluding hydrogens is 272 g/mol. The first-order chi connectivity index (χ1) is 10.5. The van der Waals surface area contributed by atoms with Crippen molar-refractivity contribution >= 4 is 21.8 Å². The third-order valence-corrected chi connectivity index (χ3v) is 3.94. The number of nitrogens with one attached hydrogen (secondary N) is 1. The van der Waals surface area contributed by atoms with E-state index in [0.717, 1.165) is 0 Å². The number of fused-ring (bicyclic) bond motifs is 3. The molecule has 3 heteroatoms. The zero-order valence-corrected chi connectivity index (χ0v) is 13.5. The molecule has 0 radical (unpaired) electrons. The van der Waals surface area contributed by atoms with Crippen LogP contribution >= 0.6 is 0 Å². The number of nitrogens with zero attached hydrogens (tertiary/aromatic N) is 1. The highest BCUT2D eigenvalue weighted by molar-refractivity contribution is 6.07. The smallest absolute Gasteiger partial charge is 0.0843 e. The molecule has 0 saturated carbocycles. The molecule has 0 saturated heterocycles. The normalized spacial score (nSPS) is 13.8. The number of hydrogen-bond acceptors (Lipinski definition) is 2. The molecule has 0 spiro atoms. The Morgan fingerprint density at radius 3 is 1.95 bits per heavy atom. The second-order valence-corrected chi connectivity index (χ2v) is 6.93. The van der Waals surface area contributed by atoms with Crippen LogP contribution in [0.15, 0.2) is 48.5 Å². The molecule has 0 bridgehead atoms. The lowest BCUT2D eigenvalue weighted by Gasteiger charge is -2.23. The summed E-state index contributed by atoms with van der Waals surface area (Å²) in [5.74, 6) is 0. The van der Waals surface area contributed by atoms with Crippen LogP contribution in [-0.4, -0.2) is 27.9 Å². The highest BCUT2D eigenvalue weighted by atomic mass is 16.3. The molecule has 0 aliphatic heterocycles. The van der Waals surface area contributed by atoms with Crippen LogP contribution in [0.25, 0.3) is 21.8 Å². The van der Waals surface area contributed by atoms with Gasteiger partial charge in [0, 0.05) is 33.9 Å². The number of rotatable bonds is 4. The maximum absolute atomic E-state index is 10.4. The van der Waals surface area contributed by atoms with E-state index in [-0.39, 0.29) is 5.54 Å². The minimum atomic E-state index is -0.418. The predicted octanol–water partition coefficient (Wildman–Crippen LogP) is 3.54. The summed E-state index contributed by atoms with van der Waals surface area (Å²) in [6, 6.07) is 16.8. The molecule has 1 aromatic heterocycles. The molecule has 0 aliphatic carbocycles. The average Bonchev–Trinajstić information content (AvgIpc) is 2.80. The fourth-order valence-electron chi connectivity index (χ4n) is 2.90. The van der Waals surface area contributed by atoms with Crippen LogP contribution in [-0.2, 0) is 6.54 Å². The molecule has 116 valence electrons. The zero-order valence-electron chi connectivity index (χ0n) is 13.5. The first kappa shape index (κ1) is 15.1. The predicted molar refractivity (Wildman–Crippen MR) is 93.2 cm³/mol. The van der Waals surface area contributed by atoms with E-state index >= 15 is 0 Å². The van der Waals surface area contributed by atoms with E-state index in [1.165, 1.54) is 21.8 Å². The van der Waals surface area contributed by atoms with Gasteiger partial charge < -0.3 is 15.0 Å². The average molecular weight is 296 g/mol. The van der Waals surface area contributed by atoms with E-state index in [0.29, 0.717) is 13.1 Å². The van der Waals surface area contributed by atoms with Gasteiger partial charge in [0.15, 0.2) is 0 Å². The minimum absolute atomic E-state index is 0.0157. The number of para-hydroxylation sites is 2. The summed E-state index contributed by atoms with van der Waals surface area (Å²) in [6.07, 6.45) is -0.418. The first-order valence-electron chi connectivity index (χ1n) is 7.85. The number of benzene rings is 2. The number of aliphatic hydroxyl groups excluding tert-OH is 1. The van der Waals surface area contributed by atoms with Crippen molar-refractivity contribution in [2.75, 3.05) is 6.54 Å². The standard InChI is InChI=1S/C19H24N2O/c1-19(2,3)20-12-14(22)13-21-17-10-6-4-8-15(17)16-9-5-7-11-18(16)21/h4-11,14,20,22H,12-13H2,1-3H3. The number of aliphatic hydroxyl groups is 1. The van der Waals surface area contributed by atoms with Crippen molar-refractivity contribution in [2.45, 2.75) is 39.0 Å². The topological polar surface area (TPSA) is 37.2 Å². The van der Waals surface area contributed by atoms with Crippen molar-refractivity contribution in [3.05, 3.63) is 48.5 Å². The van der Waals surface area contributed by atoms with Crippen LogP contribution in [0.4, 0.5) is 0 Å². The Bertz CT molecular complexity index is 730. The summed E-state index contributed by atoms with van der Waals surface area (Å²) in [6.45, 7) is 7.52. The Morgan fingerprint density at radius 1 is 0.955 bits per heavy atom. The molecule has 0 fully saturated rings. The van der Waals surface area contributed by atoms with Crippen molar-refractivity contribution in [1.82, 2.24) is 9.88 Å². The quantitative estimate of drug-likeness (QED) is 0.772. The summed E-state index contributed by atoms with van der Waals surface area (Å²) in [4.78, 5) is 0. The van der Waals surface area contributed by atoms with Crippen molar-refractivity contribution in [1.29, 1.82) is 0 Å². The Kier molecular flexibility index (Phi) is 3.94. The van der Waals surface area contributed by atoms with E-state index in [1.54, 1.807) is 0 Å². The van der Waals surface area contributed by atoms with Gasteiger partial charge >= 0.3 is 0 Å². The lowest BCUT2D eigenvalue weighted by molar-refractivity contribution is 0.144. The molecule has 3 rings (SSSR count). The second-order valence-electron chi connectivity index (χ2n) is 6.93. The van der Waals surface area contributed by atoms with Gasteiger partial charge in [-0.05, 0) is 32.9 Å². The van der Waals surface area contributed by atoms with Gasteiger partial charge in [0.05, 0.1) is 12.6 Å². The number of β-amino-alcohol motifs (C(OH)–C–C–N with tert-alkyl or cyclic N) is 1. The summed E-state index contributed by atoms with van der Waals surface area (Å²) < 4.78 is 2.22. The van der Waals surface area contributed by atoms with Crippen LogP contribution in [0, 0.1) is 0 Å². The fraction of sp³-hybridized carbons (Fsp3) is 0.368. The van der Waals surface area contributed by atoms with Gasteiger partial charge in [0.2, 0.25) is 0 Å². The van der Waals surface area contributed by atoms with E-state index in [2.05, 4.69) is 79.2 Å². The highest BCUT2D eigenvalue weighted by Crippen LogP contribution is 2.28. The lowest BCUT2D eigenvalue weighted by Crippen LogP contribution is -2.41. The summed E-state index contributed by atoms with van der Waals surface area (Å²) in [7, 11) is 0.